The number of benzene rings is 2. The first-order chi connectivity index (χ1) is 13.8. The molecule has 150 valence electrons. The van der Waals surface area contributed by atoms with Crippen LogP contribution in [0.15, 0.2) is 58.1 Å². The molecule has 0 atom stereocenters. The largest absolute Gasteiger partial charge is 0.388 e. The highest BCUT2D eigenvalue weighted by Crippen LogP contribution is 2.44. The standard InChI is InChI=1S/C21H18F2N2O4/c22-21(23)9-15(10-21)25-19(28)16-3-1-2-4-17(16)24(20(25)29)11-13-5-7-14(8-6-13)18(27)12-26/h1-8,15,26H,9-12H2. The van der Waals surface area contributed by atoms with Crippen LogP contribution in [-0.4, -0.2) is 32.6 Å². The zero-order chi connectivity index (χ0) is 20.8. The summed E-state index contributed by atoms with van der Waals surface area (Å²) in [6.45, 7) is -0.489. The van der Waals surface area contributed by atoms with Gasteiger partial charge in [-0.3, -0.25) is 18.7 Å². The highest BCUT2D eigenvalue weighted by molar-refractivity contribution is 5.96. The van der Waals surface area contributed by atoms with E-state index in [9.17, 15) is 23.2 Å². The number of rotatable bonds is 5. The van der Waals surface area contributed by atoms with Crippen molar-refractivity contribution in [2.24, 2.45) is 0 Å². The van der Waals surface area contributed by atoms with Crippen molar-refractivity contribution in [3.05, 3.63) is 80.5 Å². The van der Waals surface area contributed by atoms with Crippen LogP contribution in [0.1, 0.15) is 34.8 Å². The van der Waals surface area contributed by atoms with Crippen molar-refractivity contribution in [3.63, 3.8) is 0 Å². The van der Waals surface area contributed by atoms with Crippen LogP contribution >= 0.6 is 0 Å². The number of aromatic nitrogens is 2. The van der Waals surface area contributed by atoms with E-state index in [0.29, 0.717) is 16.6 Å². The zero-order valence-electron chi connectivity index (χ0n) is 15.3. The van der Waals surface area contributed by atoms with Gasteiger partial charge in [0.2, 0.25) is 0 Å². The average molecular weight is 400 g/mol. The fourth-order valence-electron chi connectivity index (χ4n) is 3.70. The molecule has 8 heteroatoms. The van der Waals surface area contributed by atoms with Gasteiger partial charge in [-0.1, -0.05) is 36.4 Å². The fourth-order valence-corrected chi connectivity index (χ4v) is 3.70. The molecule has 1 heterocycles. The third-order valence-electron chi connectivity index (χ3n) is 5.27. The van der Waals surface area contributed by atoms with Crippen LogP contribution in [0.4, 0.5) is 8.78 Å². The van der Waals surface area contributed by atoms with E-state index in [2.05, 4.69) is 0 Å². The average Bonchev–Trinajstić information content (AvgIpc) is 2.69. The van der Waals surface area contributed by atoms with Gasteiger partial charge in [-0.25, -0.2) is 13.6 Å². The van der Waals surface area contributed by atoms with Crippen molar-refractivity contribution >= 4 is 16.7 Å². The third kappa shape index (κ3) is 3.40. The fraction of sp³-hybridized carbons (Fsp3) is 0.286. The first kappa shape index (κ1) is 19.2. The minimum absolute atomic E-state index is 0.107. The van der Waals surface area contributed by atoms with E-state index in [4.69, 9.17) is 5.11 Å². The Balaban J connectivity index is 1.80. The summed E-state index contributed by atoms with van der Waals surface area (Å²) in [4.78, 5) is 37.4. The van der Waals surface area contributed by atoms with Crippen LogP contribution in [0.5, 0.6) is 0 Å². The minimum atomic E-state index is -2.86. The number of ketones is 1. The number of para-hydroxylation sites is 1. The predicted molar refractivity (Wildman–Crippen MR) is 103 cm³/mol. The summed E-state index contributed by atoms with van der Waals surface area (Å²) in [5.41, 5.74) is 0.252. The van der Waals surface area contributed by atoms with Gasteiger partial charge < -0.3 is 5.11 Å². The molecule has 29 heavy (non-hydrogen) atoms. The quantitative estimate of drug-likeness (QED) is 0.667. The lowest BCUT2D eigenvalue weighted by molar-refractivity contribution is -0.105. The van der Waals surface area contributed by atoms with Gasteiger partial charge in [-0.15, -0.1) is 0 Å². The Morgan fingerprint density at radius 2 is 1.72 bits per heavy atom. The Hall–Kier alpha value is -3.13. The molecular formula is C21H18F2N2O4. The van der Waals surface area contributed by atoms with Crippen molar-refractivity contribution in [1.29, 1.82) is 0 Å². The molecule has 1 saturated carbocycles. The van der Waals surface area contributed by atoms with Gasteiger partial charge in [0.25, 0.3) is 11.5 Å². The molecule has 3 aromatic rings. The summed E-state index contributed by atoms with van der Waals surface area (Å²) in [6, 6.07) is 12.1. The molecule has 6 nitrogen and oxygen atoms in total. The second-order valence-corrected chi connectivity index (χ2v) is 7.26. The smallest absolute Gasteiger partial charge is 0.332 e. The van der Waals surface area contributed by atoms with E-state index in [1.54, 1.807) is 48.5 Å². The lowest BCUT2D eigenvalue weighted by Gasteiger charge is -2.35. The van der Waals surface area contributed by atoms with Gasteiger partial charge in [0.15, 0.2) is 5.78 Å². The Bertz CT molecular complexity index is 1200. The van der Waals surface area contributed by atoms with E-state index in [0.717, 1.165) is 4.57 Å². The normalized spacial score (nSPS) is 16.0. The van der Waals surface area contributed by atoms with E-state index >= 15 is 0 Å². The summed E-state index contributed by atoms with van der Waals surface area (Å²) in [5.74, 6) is -3.28. The summed E-state index contributed by atoms with van der Waals surface area (Å²) in [7, 11) is 0. The Kier molecular flexibility index (Phi) is 4.66. The molecule has 0 bridgehead atoms. The molecule has 0 amide bonds. The van der Waals surface area contributed by atoms with Crippen LogP contribution < -0.4 is 11.2 Å². The van der Waals surface area contributed by atoms with Gasteiger partial charge in [0.05, 0.1) is 23.5 Å². The third-order valence-corrected chi connectivity index (χ3v) is 5.27. The first-order valence-corrected chi connectivity index (χ1v) is 9.15. The molecular weight excluding hydrogens is 382 g/mol. The number of fused-ring (bicyclic) bond motifs is 1. The topological polar surface area (TPSA) is 81.3 Å². The maximum atomic E-state index is 13.4. The van der Waals surface area contributed by atoms with Gasteiger partial charge in [-0.2, -0.15) is 0 Å². The van der Waals surface area contributed by atoms with Crippen molar-refractivity contribution in [3.8, 4) is 0 Å². The molecule has 0 spiro atoms. The van der Waals surface area contributed by atoms with Gasteiger partial charge >= 0.3 is 5.69 Å². The van der Waals surface area contributed by atoms with E-state index in [-0.39, 0.29) is 11.9 Å². The zero-order valence-corrected chi connectivity index (χ0v) is 15.3. The number of halogens is 2. The SMILES string of the molecule is O=C(CO)c1ccc(Cn2c(=O)n(C3CC(F)(F)C3)c(=O)c3ccccc32)cc1. The van der Waals surface area contributed by atoms with E-state index < -0.39 is 48.4 Å². The minimum Gasteiger partial charge on any atom is -0.388 e. The number of Topliss-reactive ketones (excluding diaryl/α,β-unsaturated/α-hetero) is 1. The molecule has 1 aromatic heterocycles. The number of alkyl halides is 2. The number of carbonyl (C=O) groups is 1. The highest BCUT2D eigenvalue weighted by Gasteiger charge is 2.47. The van der Waals surface area contributed by atoms with Crippen LogP contribution in [0, 0.1) is 0 Å². The first-order valence-electron chi connectivity index (χ1n) is 9.15. The Labute approximate surface area is 163 Å². The molecule has 4 rings (SSSR count). The number of aliphatic hydroxyl groups is 1. The maximum Gasteiger partial charge on any atom is 0.332 e. The second kappa shape index (κ2) is 7.04. The second-order valence-electron chi connectivity index (χ2n) is 7.26. The predicted octanol–water partition coefficient (Wildman–Crippen LogP) is 2.36. The number of nitrogens with zero attached hydrogens (tertiary/aromatic N) is 2. The Morgan fingerprint density at radius 1 is 1.07 bits per heavy atom. The molecule has 0 saturated heterocycles. The van der Waals surface area contributed by atoms with Crippen LogP contribution in [0.3, 0.4) is 0 Å². The van der Waals surface area contributed by atoms with Crippen LogP contribution in [0.2, 0.25) is 0 Å². The monoisotopic (exact) mass is 400 g/mol. The summed E-state index contributed by atoms with van der Waals surface area (Å²) in [6.07, 6.45) is -1.06. The lowest BCUT2D eigenvalue weighted by atomic mass is 9.88. The van der Waals surface area contributed by atoms with Gasteiger partial charge in [0, 0.05) is 18.4 Å². The molecule has 1 aliphatic rings. The van der Waals surface area contributed by atoms with E-state index in [1.807, 2.05) is 0 Å². The molecule has 0 unspecified atom stereocenters. The number of carbonyl (C=O) groups excluding carboxylic acids is 1. The summed E-state index contributed by atoms with van der Waals surface area (Å²) >= 11 is 0. The Morgan fingerprint density at radius 3 is 2.34 bits per heavy atom. The van der Waals surface area contributed by atoms with Gasteiger partial charge in [-0.05, 0) is 17.7 Å². The molecule has 1 aliphatic carbocycles. The molecule has 1 N–H and O–H groups in total. The molecule has 2 aromatic carbocycles. The number of hydrogen-bond donors (Lipinski definition) is 1. The lowest BCUT2D eigenvalue weighted by Crippen LogP contribution is -2.49. The van der Waals surface area contributed by atoms with E-state index in [1.165, 1.54) is 4.57 Å². The van der Waals surface area contributed by atoms with Crippen LogP contribution in [-0.2, 0) is 6.54 Å². The molecule has 0 radical (unpaired) electrons. The summed E-state index contributed by atoms with van der Waals surface area (Å²) < 4.78 is 29.0. The van der Waals surface area contributed by atoms with Crippen molar-refractivity contribution < 1.29 is 18.7 Å². The number of aliphatic hydroxyl groups excluding tert-OH is 1. The van der Waals surface area contributed by atoms with Crippen molar-refractivity contribution in [2.75, 3.05) is 6.61 Å². The van der Waals surface area contributed by atoms with Gasteiger partial charge in [0.1, 0.15) is 6.61 Å². The highest BCUT2D eigenvalue weighted by atomic mass is 19.3. The number of hydrogen-bond acceptors (Lipinski definition) is 4. The summed E-state index contributed by atoms with van der Waals surface area (Å²) in [5, 5.41) is 9.23. The maximum absolute atomic E-state index is 13.4. The van der Waals surface area contributed by atoms with Crippen molar-refractivity contribution in [2.45, 2.75) is 31.4 Å². The van der Waals surface area contributed by atoms with Crippen molar-refractivity contribution in [1.82, 2.24) is 9.13 Å². The molecule has 1 fully saturated rings. The molecule has 0 aliphatic heterocycles. The van der Waals surface area contributed by atoms with Crippen LogP contribution in [0.25, 0.3) is 10.9 Å².